The van der Waals surface area contributed by atoms with E-state index in [1.807, 2.05) is 42.3 Å². The molecule has 1 unspecified atom stereocenters. The van der Waals surface area contributed by atoms with Crippen LogP contribution in [-0.4, -0.2) is 37.5 Å². The van der Waals surface area contributed by atoms with Crippen molar-refractivity contribution in [2.45, 2.75) is 32.8 Å². The minimum absolute atomic E-state index is 0.214. The molecule has 2 aromatic carbocycles. The highest BCUT2D eigenvalue weighted by Crippen LogP contribution is 2.19. The lowest BCUT2D eigenvalue weighted by atomic mass is 9.97. The van der Waals surface area contributed by atoms with E-state index in [1.54, 1.807) is 0 Å². The van der Waals surface area contributed by atoms with Crippen molar-refractivity contribution in [1.29, 1.82) is 0 Å². The van der Waals surface area contributed by atoms with Gasteiger partial charge in [-0.25, -0.2) is 0 Å². The van der Waals surface area contributed by atoms with E-state index in [1.165, 1.54) is 12.0 Å². The highest BCUT2D eigenvalue weighted by molar-refractivity contribution is 5.79. The third-order valence-corrected chi connectivity index (χ3v) is 5.11. The van der Waals surface area contributed by atoms with E-state index < -0.39 is 0 Å². The zero-order chi connectivity index (χ0) is 19.1. The summed E-state index contributed by atoms with van der Waals surface area (Å²) in [7, 11) is 1.98. The van der Waals surface area contributed by atoms with Crippen LogP contribution in [-0.2, 0) is 17.8 Å². The SMILES string of the molecule is CNCC1CCCN(C(=O)Cc2cccc(OCc3cccc(C)c3)c2)C1. The largest absolute Gasteiger partial charge is 0.489 e. The molecule has 1 fully saturated rings. The van der Waals surface area contributed by atoms with Crippen LogP contribution in [0.4, 0.5) is 0 Å². The number of carbonyl (C=O) groups is 1. The van der Waals surface area contributed by atoms with Crippen molar-refractivity contribution in [2.24, 2.45) is 5.92 Å². The lowest BCUT2D eigenvalue weighted by Crippen LogP contribution is -2.43. The van der Waals surface area contributed by atoms with Gasteiger partial charge in [0.05, 0.1) is 6.42 Å². The Bertz CT molecular complexity index is 758. The number of likely N-dealkylation sites (tertiary alicyclic amines) is 1. The molecule has 0 radical (unpaired) electrons. The van der Waals surface area contributed by atoms with Gasteiger partial charge >= 0.3 is 0 Å². The number of rotatable bonds is 7. The van der Waals surface area contributed by atoms with Crippen LogP contribution in [0.25, 0.3) is 0 Å². The summed E-state index contributed by atoms with van der Waals surface area (Å²) in [6, 6.07) is 16.2. The summed E-state index contributed by atoms with van der Waals surface area (Å²) in [5, 5.41) is 3.23. The Morgan fingerprint density at radius 2 is 2.00 bits per heavy atom. The second kappa shape index (κ2) is 9.56. The zero-order valence-corrected chi connectivity index (χ0v) is 16.4. The molecule has 0 saturated carbocycles. The number of hydrogen-bond acceptors (Lipinski definition) is 3. The average molecular weight is 367 g/mol. The summed E-state index contributed by atoms with van der Waals surface area (Å²) >= 11 is 0. The fraction of sp³-hybridized carbons (Fsp3) is 0.435. The Hall–Kier alpha value is -2.33. The molecule has 4 nitrogen and oxygen atoms in total. The Morgan fingerprint density at radius 3 is 2.81 bits per heavy atom. The molecule has 1 saturated heterocycles. The van der Waals surface area contributed by atoms with Crippen molar-refractivity contribution < 1.29 is 9.53 Å². The molecular formula is C23H30N2O2. The number of nitrogens with zero attached hydrogens (tertiary/aromatic N) is 1. The second-order valence-corrected chi connectivity index (χ2v) is 7.51. The maximum atomic E-state index is 12.7. The van der Waals surface area contributed by atoms with E-state index in [-0.39, 0.29) is 5.91 Å². The second-order valence-electron chi connectivity index (χ2n) is 7.51. The maximum absolute atomic E-state index is 12.7. The van der Waals surface area contributed by atoms with Gasteiger partial charge in [-0.2, -0.15) is 0 Å². The summed E-state index contributed by atoms with van der Waals surface area (Å²) in [6.45, 7) is 5.34. The van der Waals surface area contributed by atoms with Crippen molar-refractivity contribution in [1.82, 2.24) is 10.2 Å². The molecule has 1 aliphatic rings. The number of ether oxygens (including phenoxy) is 1. The van der Waals surface area contributed by atoms with Crippen LogP contribution < -0.4 is 10.1 Å². The normalized spacial score (nSPS) is 17.0. The van der Waals surface area contributed by atoms with Crippen LogP contribution in [0, 0.1) is 12.8 Å². The van der Waals surface area contributed by atoms with Gasteiger partial charge in [0.25, 0.3) is 0 Å². The van der Waals surface area contributed by atoms with Gasteiger partial charge in [0, 0.05) is 13.1 Å². The van der Waals surface area contributed by atoms with Crippen molar-refractivity contribution in [3.05, 3.63) is 65.2 Å². The quantitative estimate of drug-likeness (QED) is 0.814. The average Bonchev–Trinajstić information content (AvgIpc) is 2.67. The minimum Gasteiger partial charge on any atom is -0.489 e. The van der Waals surface area contributed by atoms with Crippen LogP contribution in [0.5, 0.6) is 5.75 Å². The maximum Gasteiger partial charge on any atom is 0.227 e. The molecule has 0 aliphatic carbocycles. The Balaban J connectivity index is 1.56. The van der Waals surface area contributed by atoms with Crippen molar-refractivity contribution >= 4 is 5.91 Å². The summed E-state index contributed by atoms with van der Waals surface area (Å²) in [5.74, 6) is 1.59. The van der Waals surface area contributed by atoms with Gasteiger partial charge in [-0.3, -0.25) is 4.79 Å². The predicted molar refractivity (Wildman–Crippen MR) is 109 cm³/mol. The molecule has 1 aliphatic heterocycles. The standard InChI is InChI=1S/C23H30N2O2/c1-18-6-3-8-20(12-18)17-27-22-10-4-7-19(13-22)14-23(26)25-11-5-9-21(16-25)15-24-2/h3-4,6-8,10,12-13,21,24H,5,9,11,14-17H2,1-2H3. The molecule has 0 spiro atoms. The van der Waals surface area contributed by atoms with E-state index >= 15 is 0 Å². The van der Waals surface area contributed by atoms with E-state index in [0.717, 1.165) is 42.9 Å². The summed E-state index contributed by atoms with van der Waals surface area (Å²) < 4.78 is 5.93. The van der Waals surface area contributed by atoms with Gasteiger partial charge < -0.3 is 15.0 Å². The van der Waals surface area contributed by atoms with E-state index in [2.05, 4.69) is 30.4 Å². The van der Waals surface area contributed by atoms with E-state index in [0.29, 0.717) is 18.9 Å². The number of hydrogen-bond donors (Lipinski definition) is 1. The molecule has 1 atom stereocenters. The Morgan fingerprint density at radius 1 is 1.19 bits per heavy atom. The number of carbonyl (C=O) groups excluding carboxylic acids is 1. The molecule has 2 aromatic rings. The third-order valence-electron chi connectivity index (χ3n) is 5.11. The zero-order valence-electron chi connectivity index (χ0n) is 16.4. The summed E-state index contributed by atoms with van der Waals surface area (Å²) in [5.41, 5.74) is 3.39. The molecule has 1 N–H and O–H groups in total. The molecule has 144 valence electrons. The summed E-state index contributed by atoms with van der Waals surface area (Å²) in [4.78, 5) is 14.7. The van der Waals surface area contributed by atoms with Crippen molar-refractivity contribution in [3.8, 4) is 5.75 Å². The number of amides is 1. The first kappa shape index (κ1) is 19.4. The highest BCUT2D eigenvalue weighted by Gasteiger charge is 2.23. The van der Waals surface area contributed by atoms with Crippen LogP contribution >= 0.6 is 0 Å². The van der Waals surface area contributed by atoms with Gasteiger partial charge in [-0.1, -0.05) is 42.0 Å². The van der Waals surface area contributed by atoms with Crippen LogP contribution in [0.15, 0.2) is 48.5 Å². The third kappa shape index (κ3) is 5.83. The van der Waals surface area contributed by atoms with Gasteiger partial charge in [0.15, 0.2) is 0 Å². The summed E-state index contributed by atoms with van der Waals surface area (Å²) in [6.07, 6.45) is 2.73. The van der Waals surface area contributed by atoms with Gasteiger partial charge in [0.2, 0.25) is 5.91 Å². The number of aryl methyl sites for hydroxylation is 1. The van der Waals surface area contributed by atoms with Gasteiger partial charge in [0.1, 0.15) is 12.4 Å². The minimum atomic E-state index is 0.214. The van der Waals surface area contributed by atoms with Crippen molar-refractivity contribution in [3.63, 3.8) is 0 Å². The molecule has 27 heavy (non-hydrogen) atoms. The molecule has 1 amide bonds. The molecule has 1 heterocycles. The van der Waals surface area contributed by atoms with Crippen LogP contribution in [0.1, 0.15) is 29.5 Å². The Labute approximate surface area is 162 Å². The number of nitrogens with one attached hydrogen (secondary N) is 1. The lowest BCUT2D eigenvalue weighted by molar-refractivity contribution is -0.132. The molecule has 3 rings (SSSR count). The number of piperidine rings is 1. The topological polar surface area (TPSA) is 41.6 Å². The van der Waals surface area contributed by atoms with Crippen molar-refractivity contribution in [2.75, 3.05) is 26.7 Å². The Kier molecular flexibility index (Phi) is 6.88. The number of benzene rings is 2. The monoisotopic (exact) mass is 366 g/mol. The first-order chi connectivity index (χ1) is 13.1. The first-order valence-electron chi connectivity index (χ1n) is 9.83. The first-order valence-corrected chi connectivity index (χ1v) is 9.83. The van der Waals surface area contributed by atoms with Gasteiger partial charge in [-0.15, -0.1) is 0 Å². The molecule has 0 bridgehead atoms. The highest BCUT2D eigenvalue weighted by atomic mass is 16.5. The van der Waals surface area contributed by atoms with E-state index in [9.17, 15) is 4.79 Å². The predicted octanol–water partition coefficient (Wildman–Crippen LogP) is 3.57. The molecular weight excluding hydrogens is 336 g/mol. The fourth-order valence-corrected chi connectivity index (χ4v) is 3.75. The fourth-order valence-electron chi connectivity index (χ4n) is 3.75. The van der Waals surface area contributed by atoms with Crippen LogP contribution in [0.3, 0.4) is 0 Å². The molecule has 4 heteroatoms. The van der Waals surface area contributed by atoms with E-state index in [4.69, 9.17) is 4.74 Å². The van der Waals surface area contributed by atoms with Gasteiger partial charge in [-0.05, 0) is 62.5 Å². The van der Waals surface area contributed by atoms with Crippen LogP contribution in [0.2, 0.25) is 0 Å². The molecule has 0 aromatic heterocycles. The lowest BCUT2D eigenvalue weighted by Gasteiger charge is -2.32. The smallest absolute Gasteiger partial charge is 0.227 e.